The lowest BCUT2D eigenvalue weighted by Crippen LogP contribution is -2.46. The average molecular weight is 347 g/mol. The number of aryl methyl sites for hydroxylation is 2. The van der Waals surface area contributed by atoms with Crippen molar-refractivity contribution >= 4 is 39.2 Å². The summed E-state index contributed by atoms with van der Waals surface area (Å²) in [5.41, 5.74) is 1.13. The molecule has 0 aromatic carbocycles. The highest BCUT2D eigenvalue weighted by atomic mass is 32.1. The van der Waals surface area contributed by atoms with Crippen LogP contribution in [0.5, 0.6) is 0 Å². The Hall–Kier alpha value is -2.22. The Kier molecular flexibility index (Phi) is 4.66. The van der Waals surface area contributed by atoms with Crippen LogP contribution in [0.4, 0.5) is 5.82 Å². The minimum Gasteiger partial charge on any atom is -0.360 e. The average Bonchev–Trinajstić information content (AvgIpc) is 3.18. The Balaban J connectivity index is 1.74. The Morgan fingerprint density at radius 2 is 2.17 bits per heavy atom. The van der Waals surface area contributed by atoms with E-state index >= 15 is 0 Å². The summed E-state index contributed by atoms with van der Waals surface area (Å²) in [6, 6.07) is -0.361. The van der Waals surface area contributed by atoms with Crippen molar-refractivity contribution in [3.63, 3.8) is 0 Å². The third kappa shape index (κ3) is 2.93. The van der Waals surface area contributed by atoms with Crippen molar-refractivity contribution in [3.05, 3.63) is 16.8 Å². The molecule has 1 atom stereocenters. The van der Waals surface area contributed by atoms with E-state index in [2.05, 4.69) is 27.5 Å². The molecule has 2 aromatic heterocycles. The molecular formula is C16H21N5O2S. The van der Waals surface area contributed by atoms with Crippen LogP contribution in [0.1, 0.15) is 23.3 Å². The van der Waals surface area contributed by atoms with Crippen molar-refractivity contribution < 1.29 is 9.59 Å². The summed E-state index contributed by atoms with van der Waals surface area (Å²) in [6.45, 7) is 4.82. The van der Waals surface area contributed by atoms with Gasteiger partial charge in [-0.3, -0.25) is 9.59 Å². The van der Waals surface area contributed by atoms with Gasteiger partial charge in [0.1, 0.15) is 23.0 Å². The number of fused-ring (bicyclic) bond motifs is 1. The van der Waals surface area contributed by atoms with Crippen LogP contribution >= 0.6 is 11.3 Å². The van der Waals surface area contributed by atoms with Gasteiger partial charge in [0.25, 0.3) is 0 Å². The number of nitrogens with one attached hydrogen (secondary N) is 2. The minimum atomic E-state index is -0.361. The molecule has 0 aliphatic carbocycles. The van der Waals surface area contributed by atoms with Crippen LogP contribution in [0, 0.1) is 13.8 Å². The summed E-state index contributed by atoms with van der Waals surface area (Å²) in [4.78, 5) is 36.7. The van der Waals surface area contributed by atoms with Gasteiger partial charge in [0.15, 0.2) is 0 Å². The van der Waals surface area contributed by atoms with E-state index in [1.807, 2.05) is 6.92 Å². The molecule has 8 heteroatoms. The summed E-state index contributed by atoms with van der Waals surface area (Å²) >= 11 is 1.62. The molecule has 2 aromatic rings. The lowest BCUT2D eigenvalue weighted by molar-refractivity contribution is -0.136. The molecule has 2 amide bonds. The molecule has 3 rings (SSSR count). The van der Waals surface area contributed by atoms with Gasteiger partial charge in [-0.2, -0.15) is 0 Å². The smallest absolute Gasteiger partial charge is 0.242 e. The molecule has 1 aliphatic heterocycles. The van der Waals surface area contributed by atoms with Gasteiger partial charge in [0.2, 0.25) is 11.8 Å². The molecule has 1 aliphatic rings. The molecule has 1 saturated heterocycles. The van der Waals surface area contributed by atoms with Crippen molar-refractivity contribution in [3.8, 4) is 0 Å². The Morgan fingerprint density at radius 3 is 2.92 bits per heavy atom. The van der Waals surface area contributed by atoms with Crippen molar-refractivity contribution in [1.29, 1.82) is 0 Å². The predicted molar refractivity (Wildman–Crippen MR) is 94.2 cm³/mol. The van der Waals surface area contributed by atoms with E-state index in [9.17, 15) is 9.59 Å². The SMILES string of the molecule is CNC(=O)[C@@H]1CCCN1C(=O)CNc1ncnc2sc(C)c(C)c12. The van der Waals surface area contributed by atoms with Crippen molar-refractivity contribution in [2.24, 2.45) is 0 Å². The van der Waals surface area contributed by atoms with Gasteiger partial charge in [-0.25, -0.2) is 9.97 Å². The van der Waals surface area contributed by atoms with Gasteiger partial charge < -0.3 is 15.5 Å². The van der Waals surface area contributed by atoms with Crippen LogP contribution in [0.2, 0.25) is 0 Å². The first-order valence-electron chi connectivity index (χ1n) is 7.98. The number of thiophene rings is 1. The maximum absolute atomic E-state index is 12.5. The molecule has 24 heavy (non-hydrogen) atoms. The van der Waals surface area contributed by atoms with E-state index in [-0.39, 0.29) is 24.4 Å². The third-order valence-corrected chi connectivity index (χ3v) is 5.61. The van der Waals surface area contributed by atoms with Crippen molar-refractivity contribution in [2.45, 2.75) is 32.7 Å². The highest BCUT2D eigenvalue weighted by Gasteiger charge is 2.33. The van der Waals surface area contributed by atoms with Crippen LogP contribution < -0.4 is 10.6 Å². The predicted octanol–water partition coefficient (Wildman–Crippen LogP) is 1.46. The number of amides is 2. The monoisotopic (exact) mass is 347 g/mol. The van der Waals surface area contributed by atoms with E-state index in [4.69, 9.17) is 0 Å². The van der Waals surface area contributed by atoms with Crippen LogP contribution in [0.15, 0.2) is 6.33 Å². The van der Waals surface area contributed by atoms with E-state index in [0.29, 0.717) is 18.8 Å². The zero-order valence-electron chi connectivity index (χ0n) is 14.0. The number of carbonyl (C=O) groups is 2. The molecular weight excluding hydrogens is 326 g/mol. The third-order valence-electron chi connectivity index (χ3n) is 4.49. The molecule has 1 fully saturated rings. The molecule has 0 radical (unpaired) electrons. The Morgan fingerprint density at radius 1 is 1.38 bits per heavy atom. The lowest BCUT2D eigenvalue weighted by Gasteiger charge is -2.23. The van der Waals surface area contributed by atoms with Crippen LogP contribution in [-0.2, 0) is 9.59 Å². The van der Waals surface area contributed by atoms with Gasteiger partial charge in [-0.15, -0.1) is 11.3 Å². The first-order chi connectivity index (χ1) is 11.5. The largest absolute Gasteiger partial charge is 0.360 e. The molecule has 0 spiro atoms. The Bertz CT molecular complexity index is 788. The second kappa shape index (κ2) is 6.72. The summed E-state index contributed by atoms with van der Waals surface area (Å²) in [5.74, 6) is 0.484. The fourth-order valence-electron chi connectivity index (χ4n) is 3.08. The van der Waals surface area contributed by atoms with Gasteiger partial charge in [-0.05, 0) is 32.3 Å². The van der Waals surface area contributed by atoms with Crippen LogP contribution in [0.3, 0.4) is 0 Å². The first kappa shape index (κ1) is 16.6. The fraction of sp³-hybridized carbons (Fsp3) is 0.500. The maximum Gasteiger partial charge on any atom is 0.242 e. The zero-order valence-corrected chi connectivity index (χ0v) is 14.9. The molecule has 3 heterocycles. The quantitative estimate of drug-likeness (QED) is 0.874. The fourth-order valence-corrected chi connectivity index (χ4v) is 4.08. The number of anilines is 1. The number of hydrogen-bond donors (Lipinski definition) is 2. The number of carbonyl (C=O) groups excluding carboxylic acids is 2. The molecule has 0 unspecified atom stereocenters. The number of rotatable bonds is 4. The van der Waals surface area contributed by atoms with Crippen LogP contribution in [0.25, 0.3) is 10.2 Å². The first-order valence-corrected chi connectivity index (χ1v) is 8.80. The minimum absolute atomic E-state index is 0.0857. The second-order valence-corrected chi connectivity index (χ2v) is 7.10. The van der Waals surface area contributed by atoms with Gasteiger partial charge in [0.05, 0.1) is 11.9 Å². The standard InChI is InChI=1S/C16H21N5O2S/c1-9-10(2)24-16-13(9)14(19-8-20-16)18-7-12(22)21-6-4-5-11(21)15(23)17-3/h8,11H,4-7H2,1-3H3,(H,17,23)(H,18,19,20)/t11-/m0/s1. The van der Waals surface area contributed by atoms with Crippen LogP contribution in [-0.4, -0.2) is 52.9 Å². The highest BCUT2D eigenvalue weighted by Crippen LogP contribution is 2.32. The van der Waals surface area contributed by atoms with E-state index in [0.717, 1.165) is 22.2 Å². The summed E-state index contributed by atoms with van der Waals surface area (Å²) in [5, 5.41) is 6.73. The van der Waals surface area contributed by atoms with Crippen molar-refractivity contribution in [2.75, 3.05) is 25.5 Å². The number of likely N-dealkylation sites (tertiary alicyclic amines) is 1. The second-order valence-electron chi connectivity index (χ2n) is 5.90. The Labute approximate surface area is 144 Å². The zero-order chi connectivity index (χ0) is 17.3. The normalized spacial score (nSPS) is 17.3. The van der Waals surface area contributed by atoms with Crippen molar-refractivity contribution in [1.82, 2.24) is 20.2 Å². The topological polar surface area (TPSA) is 87.2 Å². The van der Waals surface area contributed by atoms with Gasteiger partial charge >= 0.3 is 0 Å². The number of likely N-dealkylation sites (N-methyl/N-ethyl adjacent to an activating group) is 1. The molecule has 2 N–H and O–H groups in total. The highest BCUT2D eigenvalue weighted by molar-refractivity contribution is 7.18. The van der Waals surface area contributed by atoms with E-state index in [1.54, 1.807) is 23.3 Å². The summed E-state index contributed by atoms with van der Waals surface area (Å²) in [7, 11) is 1.60. The van der Waals surface area contributed by atoms with E-state index in [1.165, 1.54) is 11.2 Å². The van der Waals surface area contributed by atoms with Gasteiger partial charge in [0, 0.05) is 18.5 Å². The number of nitrogens with zero attached hydrogens (tertiary/aromatic N) is 3. The summed E-state index contributed by atoms with van der Waals surface area (Å²) in [6.07, 6.45) is 3.07. The van der Waals surface area contributed by atoms with Gasteiger partial charge in [-0.1, -0.05) is 0 Å². The molecule has 7 nitrogen and oxygen atoms in total. The molecule has 0 saturated carbocycles. The van der Waals surface area contributed by atoms with E-state index < -0.39 is 0 Å². The maximum atomic E-state index is 12.5. The summed E-state index contributed by atoms with van der Waals surface area (Å²) < 4.78 is 0. The number of aromatic nitrogens is 2. The number of hydrogen-bond acceptors (Lipinski definition) is 6. The molecule has 128 valence electrons. The molecule has 0 bridgehead atoms. The lowest BCUT2D eigenvalue weighted by atomic mass is 10.2.